The van der Waals surface area contributed by atoms with Gasteiger partial charge in [-0.15, -0.1) is 0 Å². The molecule has 0 aliphatic carbocycles. The minimum atomic E-state index is -0.403. The van der Waals surface area contributed by atoms with Crippen molar-refractivity contribution in [2.24, 2.45) is 0 Å². The van der Waals surface area contributed by atoms with E-state index < -0.39 is 5.82 Å². The van der Waals surface area contributed by atoms with Crippen LogP contribution in [0.2, 0.25) is 0 Å². The fourth-order valence-electron chi connectivity index (χ4n) is 2.08. The van der Waals surface area contributed by atoms with Gasteiger partial charge in [-0.3, -0.25) is 4.90 Å². The Balaban J connectivity index is 2.11. The van der Waals surface area contributed by atoms with Gasteiger partial charge in [0.1, 0.15) is 11.6 Å². The average molecular weight is 340 g/mol. The average Bonchev–Trinajstić information content (AvgIpc) is 2.44. The molecule has 0 spiro atoms. The number of rotatable bonds is 6. The van der Waals surface area contributed by atoms with E-state index in [0.717, 1.165) is 23.5 Å². The third-order valence-electron chi connectivity index (χ3n) is 3.05. The topological polar surface area (TPSA) is 3.24 Å². The summed E-state index contributed by atoms with van der Waals surface area (Å²) in [7, 11) is 0. The Morgan fingerprint density at radius 2 is 1.70 bits per heavy atom. The van der Waals surface area contributed by atoms with Crippen LogP contribution in [0.3, 0.4) is 0 Å². The summed E-state index contributed by atoms with van der Waals surface area (Å²) >= 11 is 3.40. The lowest BCUT2D eigenvalue weighted by Gasteiger charge is -2.21. The van der Waals surface area contributed by atoms with Gasteiger partial charge in [-0.2, -0.15) is 0 Å². The Labute approximate surface area is 126 Å². The second kappa shape index (κ2) is 7.50. The summed E-state index contributed by atoms with van der Waals surface area (Å²) in [6, 6.07) is 13.6. The molecule has 0 saturated heterocycles. The molecule has 0 aliphatic rings. The van der Waals surface area contributed by atoms with E-state index in [9.17, 15) is 8.78 Å². The van der Waals surface area contributed by atoms with Crippen LogP contribution in [-0.2, 0) is 13.1 Å². The van der Waals surface area contributed by atoms with Crippen LogP contribution in [0.15, 0.2) is 48.5 Å². The van der Waals surface area contributed by atoms with Gasteiger partial charge in [-0.1, -0.05) is 46.3 Å². The summed E-state index contributed by atoms with van der Waals surface area (Å²) in [5, 5.41) is 0.788. The van der Waals surface area contributed by atoms with Crippen LogP contribution in [0.25, 0.3) is 0 Å². The molecule has 0 heterocycles. The first-order valence-corrected chi connectivity index (χ1v) is 7.57. The maximum absolute atomic E-state index is 13.7. The fraction of sp³-hybridized carbons (Fsp3) is 0.250. The first-order valence-electron chi connectivity index (χ1n) is 6.45. The molecule has 0 N–H and O–H groups in total. The molecule has 2 aromatic rings. The van der Waals surface area contributed by atoms with Crippen molar-refractivity contribution in [3.05, 3.63) is 71.3 Å². The minimum Gasteiger partial charge on any atom is -0.294 e. The molecule has 0 fully saturated rings. The van der Waals surface area contributed by atoms with Gasteiger partial charge in [0.2, 0.25) is 0 Å². The van der Waals surface area contributed by atoms with E-state index in [2.05, 4.69) is 20.8 Å². The lowest BCUT2D eigenvalue weighted by Crippen LogP contribution is -2.25. The highest BCUT2D eigenvalue weighted by atomic mass is 79.9. The Bertz CT molecular complexity index is 545. The highest BCUT2D eigenvalue weighted by molar-refractivity contribution is 9.09. The number of nitrogens with zero attached hydrogens (tertiary/aromatic N) is 1. The normalized spacial score (nSPS) is 11.0. The van der Waals surface area contributed by atoms with Crippen LogP contribution < -0.4 is 0 Å². The smallest absolute Gasteiger partial charge is 0.127 e. The molecule has 0 unspecified atom stereocenters. The van der Waals surface area contributed by atoms with Gasteiger partial charge >= 0.3 is 0 Å². The molecule has 4 heteroatoms. The standard InChI is InChI=1S/C16H16BrF2N/c17-8-9-20(11-13-4-2-1-3-5-13)12-14-10-15(18)6-7-16(14)19/h1-7,10H,8-9,11-12H2. The van der Waals surface area contributed by atoms with E-state index in [4.69, 9.17) is 0 Å². The Kier molecular flexibility index (Phi) is 5.68. The molecule has 2 rings (SSSR count). The van der Waals surface area contributed by atoms with Crippen molar-refractivity contribution in [3.8, 4) is 0 Å². The van der Waals surface area contributed by atoms with Crippen molar-refractivity contribution in [1.82, 2.24) is 4.90 Å². The highest BCUT2D eigenvalue weighted by Crippen LogP contribution is 2.14. The second-order valence-electron chi connectivity index (χ2n) is 4.62. The molecular weight excluding hydrogens is 324 g/mol. The summed E-state index contributed by atoms with van der Waals surface area (Å²) in [6.45, 7) is 1.87. The van der Waals surface area contributed by atoms with Crippen LogP contribution in [0.1, 0.15) is 11.1 Å². The van der Waals surface area contributed by atoms with Crippen LogP contribution in [0.4, 0.5) is 8.78 Å². The van der Waals surface area contributed by atoms with Gasteiger partial charge in [-0.05, 0) is 23.8 Å². The number of halogens is 3. The van der Waals surface area contributed by atoms with E-state index >= 15 is 0 Å². The fourth-order valence-corrected chi connectivity index (χ4v) is 2.58. The third kappa shape index (κ3) is 4.39. The van der Waals surface area contributed by atoms with Crippen LogP contribution >= 0.6 is 15.9 Å². The first-order chi connectivity index (χ1) is 9.69. The summed E-state index contributed by atoms with van der Waals surface area (Å²) in [4.78, 5) is 2.09. The summed E-state index contributed by atoms with van der Waals surface area (Å²) in [5.41, 5.74) is 1.55. The monoisotopic (exact) mass is 339 g/mol. The van der Waals surface area contributed by atoms with E-state index in [1.807, 2.05) is 30.3 Å². The highest BCUT2D eigenvalue weighted by Gasteiger charge is 2.10. The second-order valence-corrected chi connectivity index (χ2v) is 5.41. The first kappa shape index (κ1) is 15.1. The molecule has 1 nitrogen and oxygen atoms in total. The van der Waals surface area contributed by atoms with Gasteiger partial charge in [0.25, 0.3) is 0 Å². The molecular formula is C16H16BrF2N. The zero-order chi connectivity index (χ0) is 14.4. The Hall–Kier alpha value is -1.26. The number of alkyl halides is 1. The van der Waals surface area contributed by atoms with Crippen LogP contribution in [0, 0.1) is 11.6 Å². The number of hydrogen-bond donors (Lipinski definition) is 0. The SMILES string of the molecule is Fc1ccc(F)c(CN(CCBr)Cc2ccccc2)c1. The van der Waals surface area contributed by atoms with Crippen molar-refractivity contribution in [2.75, 3.05) is 11.9 Å². The number of hydrogen-bond acceptors (Lipinski definition) is 1. The molecule has 20 heavy (non-hydrogen) atoms. The van der Waals surface area contributed by atoms with Crippen molar-refractivity contribution in [1.29, 1.82) is 0 Å². The number of benzene rings is 2. The molecule has 0 aromatic heterocycles. The van der Waals surface area contributed by atoms with Crippen molar-refractivity contribution >= 4 is 15.9 Å². The zero-order valence-electron chi connectivity index (χ0n) is 11.0. The predicted octanol–water partition coefficient (Wildman–Crippen LogP) is 4.36. The van der Waals surface area contributed by atoms with Gasteiger partial charge < -0.3 is 0 Å². The van der Waals surface area contributed by atoms with Crippen LogP contribution in [0.5, 0.6) is 0 Å². The Morgan fingerprint density at radius 1 is 0.950 bits per heavy atom. The lowest BCUT2D eigenvalue weighted by molar-refractivity contribution is 0.270. The predicted molar refractivity (Wildman–Crippen MR) is 80.7 cm³/mol. The molecule has 0 aliphatic heterocycles. The maximum Gasteiger partial charge on any atom is 0.127 e. The van der Waals surface area contributed by atoms with Crippen molar-refractivity contribution < 1.29 is 8.78 Å². The molecule has 0 bridgehead atoms. The zero-order valence-corrected chi connectivity index (χ0v) is 12.6. The van der Waals surface area contributed by atoms with E-state index in [0.29, 0.717) is 18.7 Å². The van der Waals surface area contributed by atoms with Gasteiger partial charge in [-0.25, -0.2) is 8.78 Å². The molecule has 106 valence electrons. The van der Waals surface area contributed by atoms with E-state index in [1.54, 1.807) is 0 Å². The molecule has 0 atom stereocenters. The van der Waals surface area contributed by atoms with E-state index in [1.165, 1.54) is 12.1 Å². The van der Waals surface area contributed by atoms with Crippen LogP contribution in [-0.4, -0.2) is 16.8 Å². The molecule has 0 amide bonds. The van der Waals surface area contributed by atoms with Crippen molar-refractivity contribution in [3.63, 3.8) is 0 Å². The van der Waals surface area contributed by atoms with Gasteiger partial charge in [0.15, 0.2) is 0 Å². The quantitative estimate of drug-likeness (QED) is 0.706. The summed E-state index contributed by atoms with van der Waals surface area (Å²) < 4.78 is 26.9. The Morgan fingerprint density at radius 3 is 2.40 bits per heavy atom. The largest absolute Gasteiger partial charge is 0.294 e. The molecule has 2 aromatic carbocycles. The summed E-state index contributed by atoms with van der Waals surface area (Å²) in [6.07, 6.45) is 0. The summed E-state index contributed by atoms with van der Waals surface area (Å²) in [5.74, 6) is -0.765. The van der Waals surface area contributed by atoms with Gasteiger partial charge in [0.05, 0.1) is 0 Å². The van der Waals surface area contributed by atoms with Gasteiger partial charge in [0, 0.05) is 30.5 Å². The molecule has 0 saturated carbocycles. The third-order valence-corrected chi connectivity index (χ3v) is 3.41. The lowest BCUT2D eigenvalue weighted by atomic mass is 10.1. The van der Waals surface area contributed by atoms with E-state index in [-0.39, 0.29) is 5.82 Å². The minimum absolute atomic E-state index is 0.362. The maximum atomic E-state index is 13.7. The van der Waals surface area contributed by atoms with Crippen molar-refractivity contribution in [2.45, 2.75) is 13.1 Å². The molecule has 0 radical (unpaired) electrons.